The van der Waals surface area contributed by atoms with Crippen LogP contribution in [0, 0.1) is 0 Å². The Hall–Kier alpha value is -2.33. The van der Waals surface area contributed by atoms with Crippen molar-refractivity contribution < 1.29 is 13.2 Å². The summed E-state index contributed by atoms with van der Waals surface area (Å²) in [5.41, 5.74) is 1.64. The van der Waals surface area contributed by atoms with E-state index in [0.717, 1.165) is 11.3 Å². The maximum absolute atomic E-state index is 12.7. The Bertz CT molecular complexity index is 1180. The van der Waals surface area contributed by atoms with Gasteiger partial charge in [-0.05, 0) is 23.8 Å². The van der Waals surface area contributed by atoms with E-state index in [1.807, 2.05) is 59.3 Å². The van der Waals surface area contributed by atoms with Gasteiger partial charge in [-0.25, -0.2) is 13.4 Å². The van der Waals surface area contributed by atoms with E-state index in [2.05, 4.69) is 4.98 Å². The van der Waals surface area contributed by atoms with Crippen molar-refractivity contribution >= 4 is 39.3 Å². The first-order valence-electron chi connectivity index (χ1n) is 10.1. The average Bonchev–Trinajstić information content (AvgIpc) is 3.27. The van der Waals surface area contributed by atoms with Crippen LogP contribution in [0.5, 0.6) is 0 Å². The molecule has 1 amide bonds. The molecule has 1 aliphatic rings. The Morgan fingerprint density at radius 2 is 1.78 bits per heavy atom. The molecule has 0 bridgehead atoms. The summed E-state index contributed by atoms with van der Waals surface area (Å²) in [6.45, 7) is 1.39. The van der Waals surface area contributed by atoms with Gasteiger partial charge in [0.2, 0.25) is 15.9 Å². The van der Waals surface area contributed by atoms with Crippen LogP contribution in [0.25, 0.3) is 5.69 Å². The number of aromatic nitrogens is 2. The van der Waals surface area contributed by atoms with Crippen molar-refractivity contribution in [3.8, 4) is 5.69 Å². The van der Waals surface area contributed by atoms with Gasteiger partial charge in [-0.15, -0.1) is 0 Å². The van der Waals surface area contributed by atoms with Gasteiger partial charge in [-0.2, -0.15) is 4.31 Å². The normalized spacial score (nSPS) is 15.1. The highest BCUT2D eigenvalue weighted by atomic mass is 35.5. The van der Waals surface area contributed by atoms with Crippen molar-refractivity contribution in [2.45, 2.75) is 10.9 Å². The number of carbonyl (C=O) groups excluding carboxylic acids is 1. The highest BCUT2D eigenvalue weighted by Crippen LogP contribution is 2.23. The quantitative estimate of drug-likeness (QED) is 0.475. The zero-order valence-corrected chi connectivity index (χ0v) is 19.7. The van der Waals surface area contributed by atoms with Gasteiger partial charge >= 0.3 is 0 Å². The Labute approximate surface area is 197 Å². The van der Waals surface area contributed by atoms with Gasteiger partial charge in [0.15, 0.2) is 5.16 Å². The number of thioether (sulfide) groups is 1. The van der Waals surface area contributed by atoms with Gasteiger partial charge in [0.05, 0.1) is 11.5 Å². The minimum atomic E-state index is -3.41. The molecule has 4 rings (SSSR count). The summed E-state index contributed by atoms with van der Waals surface area (Å²) in [5.74, 6) is 0.175. The minimum Gasteiger partial charge on any atom is -0.339 e. The molecule has 3 aromatic rings. The number of halogens is 1. The first-order valence-corrected chi connectivity index (χ1v) is 13.1. The van der Waals surface area contributed by atoms with Crippen LogP contribution in [-0.4, -0.2) is 65.0 Å². The third-order valence-electron chi connectivity index (χ3n) is 5.19. The number of nitrogens with zero attached hydrogens (tertiary/aromatic N) is 4. The van der Waals surface area contributed by atoms with Crippen molar-refractivity contribution in [2.24, 2.45) is 0 Å². The summed E-state index contributed by atoms with van der Waals surface area (Å²) in [4.78, 5) is 18.8. The molecular weight excluding hydrogens is 468 g/mol. The van der Waals surface area contributed by atoms with Crippen LogP contribution in [-0.2, 0) is 20.6 Å². The number of hydrogen-bond donors (Lipinski definition) is 0. The van der Waals surface area contributed by atoms with Gasteiger partial charge in [-0.3, -0.25) is 9.36 Å². The van der Waals surface area contributed by atoms with E-state index in [0.29, 0.717) is 36.4 Å². The van der Waals surface area contributed by atoms with Crippen LogP contribution in [0.15, 0.2) is 72.1 Å². The van der Waals surface area contributed by atoms with Crippen molar-refractivity contribution in [1.29, 1.82) is 0 Å². The summed E-state index contributed by atoms with van der Waals surface area (Å²) in [6, 6.07) is 16.6. The Morgan fingerprint density at radius 1 is 1.03 bits per heavy atom. The maximum Gasteiger partial charge on any atom is 0.233 e. The second kappa shape index (κ2) is 10.1. The topological polar surface area (TPSA) is 75.5 Å². The van der Waals surface area contributed by atoms with Gasteiger partial charge in [0, 0.05) is 49.3 Å². The number of piperazine rings is 1. The smallest absolute Gasteiger partial charge is 0.233 e. The lowest BCUT2D eigenvalue weighted by Gasteiger charge is -2.34. The fraction of sp³-hybridized carbons (Fsp3) is 0.273. The molecule has 1 fully saturated rings. The molecule has 0 radical (unpaired) electrons. The molecule has 32 heavy (non-hydrogen) atoms. The molecule has 1 aromatic heterocycles. The van der Waals surface area contributed by atoms with Gasteiger partial charge < -0.3 is 4.90 Å². The fourth-order valence-electron chi connectivity index (χ4n) is 3.53. The van der Waals surface area contributed by atoms with Crippen LogP contribution in [0.2, 0.25) is 5.02 Å². The van der Waals surface area contributed by atoms with Crippen molar-refractivity contribution in [3.63, 3.8) is 0 Å². The summed E-state index contributed by atoms with van der Waals surface area (Å²) in [7, 11) is -3.41. The molecule has 168 valence electrons. The second-order valence-corrected chi connectivity index (χ2v) is 10.7. The van der Waals surface area contributed by atoms with Crippen molar-refractivity contribution in [3.05, 3.63) is 77.6 Å². The summed E-state index contributed by atoms with van der Waals surface area (Å²) >= 11 is 7.43. The molecular formula is C22H23ClN4O3S2. The van der Waals surface area contributed by atoms with E-state index in [1.54, 1.807) is 17.2 Å². The zero-order valence-electron chi connectivity index (χ0n) is 17.3. The molecule has 1 saturated heterocycles. The van der Waals surface area contributed by atoms with E-state index in [1.165, 1.54) is 16.1 Å². The zero-order chi connectivity index (χ0) is 22.6. The number of imidazole rings is 1. The number of carbonyl (C=O) groups is 1. The molecule has 0 N–H and O–H groups in total. The summed E-state index contributed by atoms with van der Waals surface area (Å²) < 4.78 is 28.8. The standard InChI is InChI=1S/C22H23ClN4O3S2/c23-19-7-4-8-20(15-19)27-10-9-24-22(27)31-16-21(28)25-11-13-26(14-12-25)32(29,30)17-18-5-2-1-3-6-18/h1-10,15H,11-14,16-17H2. The minimum absolute atomic E-state index is 0.0240. The van der Waals surface area contributed by atoms with Gasteiger partial charge in [0.25, 0.3) is 0 Å². The van der Waals surface area contributed by atoms with Crippen LogP contribution < -0.4 is 0 Å². The Balaban J connectivity index is 1.31. The molecule has 10 heteroatoms. The highest BCUT2D eigenvalue weighted by molar-refractivity contribution is 7.99. The van der Waals surface area contributed by atoms with E-state index in [9.17, 15) is 13.2 Å². The molecule has 0 atom stereocenters. The van der Waals surface area contributed by atoms with E-state index in [-0.39, 0.29) is 17.4 Å². The fourth-order valence-corrected chi connectivity index (χ4v) is 6.10. The predicted octanol–water partition coefficient (Wildman–Crippen LogP) is 3.29. The first kappa shape index (κ1) is 22.8. The maximum atomic E-state index is 12.7. The molecule has 0 unspecified atom stereocenters. The SMILES string of the molecule is O=C(CSc1nccn1-c1cccc(Cl)c1)N1CCN(S(=O)(=O)Cc2ccccc2)CC1. The van der Waals surface area contributed by atoms with E-state index in [4.69, 9.17) is 11.6 Å². The van der Waals surface area contributed by atoms with Crippen LogP contribution in [0.3, 0.4) is 0 Å². The first-order chi connectivity index (χ1) is 15.4. The third-order valence-corrected chi connectivity index (χ3v) is 8.23. The molecule has 0 saturated carbocycles. The van der Waals surface area contributed by atoms with Crippen molar-refractivity contribution in [2.75, 3.05) is 31.9 Å². The van der Waals surface area contributed by atoms with E-state index >= 15 is 0 Å². The molecule has 2 aromatic carbocycles. The Kier molecular flexibility index (Phi) is 7.20. The number of hydrogen-bond acceptors (Lipinski definition) is 5. The number of benzene rings is 2. The number of amides is 1. The third kappa shape index (κ3) is 5.53. The predicted molar refractivity (Wildman–Crippen MR) is 127 cm³/mol. The summed E-state index contributed by atoms with van der Waals surface area (Å²) in [6.07, 6.45) is 3.51. The lowest BCUT2D eigenvalue weighted by atomic mass is 10.2. The molecule has 2 heterocycles. The number of sulfonamides is 1. The monoisotopic (exact) mass is 490 g/mol. The molecule has 1 aliphatic heterocycles. The average molecular weight is 491 g/mol. The second-order valence-electron chi connectivity index (χ2n) is 7.37. The van der Waals surface area contributed by atoms with Crippen LogP contribution in [0.1, 0.15) is 5.56 Å². The lowest BCUT2D eigenvalue weighted by molar-refractivity contribution is -0.129. The summed E-state index contributed by atoms with van der Waals surface area (Å²) in [5, 5.41) is 1.33. The van der Waals surface area contributed by atoms with Crippen LogP contribution in [0.4, 0.5) is 0 Å². The molecule has 7 nitrogen and oxygen atoms in total. The molecule has 0 spiro atoms. The van der Waals surface area contributed by atoms with Gasteiger partial charge in [-0.1, -0.05) is 59.8 Å². The van der Waals surface area contributed by atoms with Gasteiger partial charge in [0.1, 0.15) is 0 Å². The lowest BCUT2D eigenvalue weighted by Crippen LogP contribution is -2.51. The highest BCUT2D eigenvalue weighted by Gasteiger charge is 2.29. The van der Waals surface area contributed by atoms with Crippen molar-refractivity contribution in [1.82, 2.24) is 18.8 Å². The van der Waals surface area contributed by atoms with Crippen LogP contribution >= 0.6 is 23.4 Å². The van der Waals surface area contributed by atoms with E-state index < -0.39 is 10.0 Å². The largest absolute Gasteiger partial charge is 0.339 e. The Morgan fingerprint density at radius 3 is 2.50 bits per heavy atom. The molecule has 0 aliphatic carbocycles. The number of rotatable bonds is 7.